The number of halogens is 1. The van der Waals surface area contributed by atoms with Crippen LogP contribution in [0.25, 0.3) is 0 Å². The molecule has 1 aromatic carbocycles. The summed E-state index contributed by atoms with van der Waals surface area (Å²) in [5.74, 6) is -0.704. The number of nitrogens with one attached hydrogen (secondary N) is 1. The quantitative estimate of drug-likeness (QED) is 0.675. The van der Waals surface area contributed by atoms with Crippen LogP contribution in [0, 0.1) is 5.82 Å². The van der Waals surface area contributed by atoms with Gasteiger partial charge in [0.1, 0.15) is 5.82 Å². The van der Waals surface area contributed by atoms with Crippen molar-refractivity contribution in [2.75, 3.05) is 11.9 Å². The van der Waals surface area contributed by atoms with Gasteiger partial charge in [0, 0.05) is 10.6 Å². The van der Waals surface area contributed by atoms with E-state index in [0.717, 1.165) is 4.88 Å². The number of hydrogen-bond donors (Lipinski definition) is 1. The fourth-order valence-corrected chi connectivity index (χ4v) is 1.86. The van der Waals surface area contributed by atoms with Crippen molar-refractivity contribution < 1.29 is 14.0 Å². The van der Waals surface area contributed by atoms with E-state index in [0.29, 0.717) is 5.69 Å². The number of anilines is 1. The molecule has 1 aromatic heterocycles. The standard InChI is InChI=1S/C13H11FN2O2S/c14-10-3-5-11(6-4-10)16-13(17)9-18-15-8-12-2-1-7-19-12/h1-8H,9H2,(H,16,17)/b15-8+. The molecule has 6 heteroatoms. The van der Waals surface area contributed by atoms with E-state index in [1.807, 2.05) is 17.5 Å². The molecule has 0 aliphatic rings. The maximum Gasteiger partial charge on any atom is 0.265 e. The predicted octanol–water partition coefficient (Wildman–Crippen LogP) is 2.88. The highest BCUT2D eigenvalue weighted by Crippen LogP contribution is 2.08. The van der Waals surface area contributed by atoms with Crippen molar-refractivity contribution in [1.29, 1.82) is 0 Å². The van der Waals surface area contributed by atoms with Crippen LogP contribution in [0.1, 0.15) is 4.88 Å². The minimum Gasteiger partial charge on any atom is -0.386 e. The molecule has 19 heavy (non-hydrogen) atoms. The van der Waals surface area contributed by atoms with E-state index in [9.17, 15) is 9.18 Å². The van der Waals surface area contributed by atoms with Crippen LogP contribution in [-0.2, 0) is 9.63 Å². The van der Waals surface area contributed by atoms with Gasteiger partial charge < -0.3 is 10.2 Å². The fourth-order valence-electron chi connectivity index (χ4n) is 1.28. The van der Waals surface area contributed by atoms with E-state index in [1.165, 1.54) is 41.8 Å². The molecule has 0 spiro atoms. The number of thiophene rings is 1. The number of carbonyl (C=O) groups excluding carboxylic acids is 1. The fraction of sp³-hybridized carbons (Fsp3) is 0.0769. The molecule has 0 saturated carbocycles. The average molecular weight is 278 g/mol. The van der Waals surface area contributed by atoms with Gasteiger partial charge in [-0.1, -0.05) is 11.2 Å². The van der Waals surface area contributed by atoms with Crippen molar-refractivity contribution in [3.05, 3.63) is 52.5 Å². The van der Waals surface area contributed by atoms with E-state index in [-0.39, 0.29) is 18.3 Å². The number of amides is 1. The molecule has 2 aromatic rings. The molecular weight excluding hydrogens is 267 g/mol. The zero-order valence-electron chi connectivity index (χ0n) is 9.88. The molecule has 1 N–H and O–H groups in total. The topological polar surface area (TPSA) is 50.7 Å². The van der Waals surface area contributed by atoms with Crippen LogP contribution in [0.4, 0.5) is 10.1 Å². The lowest BCUT2D eigenvalue weighted by molar-refractivity contribution is -0.120. The van der Waals surface area contributed by atoms with Crippen LogP contribution in [0.5, 0.6) is 0 Å². The molecule has 0 unspecified atom stereocenters. The average Bonchev–Trinajstić information content (AvgIpc) is 2.91. The maximum absolute atomic E-state index is 12.7. The Hall–Kier alpha value is -2.21. The molecule has 2 rings (SSSR count). The van der Waals surface area contributed by atoms with Gasteiger partial charge in [0.25, 0.3) is 5.91 Å². The minimum atomic E-state index is -0.352. The van der Waals surface area contributed by atoms with Crippen LogP contribution in [-0.4, -0.2) is 18.7 Å². The van der Waals surface area contributed by atoms with E-state index >= 15 is 0 Å². The van der Waals surface area contributed by atoms with Gasteiger partial charge in [-0.05, 0) is 35.7 Å². The summed E-state index contributed by atoms with van der Waals surface area (Å²) in [5, 5.41) is 8.15. The number of carbonyl (C=O) groups is 1. The Bertz CT molecular complexity index is 553. The lowest BCUT2D eigenvalue weighted by Gasteiger charge is -2.03. The lowest BCUT2D eigenvalue weighted by Crippen LogP contribution is -2.16. The first-order chi connectivity index (χ1) is 9.24. The highest BCUT2D eigenvalue weighted by atomic mass is 32.1. The SMILES string of the molecule is O=C(CO/N=C/c1cccs1)Nc1ccc(F)cc1. The third kappa shape index (κ3) is 4.51. The monoisotopic (exact) mass is 278 g/mol. The van der Waals surface area contributed by atoms with Gasteiger partial charge in [0.2, 0.25) is 0 Å². The molecule has 0 fully saturated rings. The normalized spacial score (nSPS) is 10.6. The molecule has 0 atom stereocenters. The molecular formula is C13H11FN2O2S. The second kappa shape index (κ2) is 6.65. The van der Waals surface area contributed by atoms with Crippen LogP contribution in [0.2, 0.25) is 0 Å². The van der Waals surface area contributed by atoms with Crippen molar-refractivity contribution in [2.24, 2.45) is 5.16 Å². The third-order valence-electron chi connectivity index (χ3n) is 2.12. The molecule has 0 radical (unpaired) electrons. The van der Waals surface area contributed by atoms with E-state index in [4.69, 9.17) is 4.84 Å². The molecule has 0 bridgehead atoms. The lowest BCUT2D eigenvalue weighted by atomic mass is 10.3. The van der Waals surface area contributed by atoms with Crippen LogP contribution < -0.4 is 5.32 Å². The Kier molecular flexibility index (Phi) is 4.63. The highest BCUT2D eigenvalue weighted by Gasteiger charge is 2.02. The summed E-state index contributed by atoms with van der Waals surface area (Å²) in [5.41, 5.74) is 0.511. The second-order valence-electron chi connectivity index (χ2n) is 3.58. The summed E-state index contributed by atoms with van der Waals surface area (Å²) in [4.78, 5) is 17.3. The van der Waals surface area contributed by atoms with Crippen molar-refractivity contribution >= 4 is 29.1 Å². The number of oxime groups is 1. The summed E-state index contributed by atoms with van der Waals surface area (Å²) in [6.07, 6.45) is 1.54. The van der Waals surface area contributed by atoms with Crippen LogP contribution in [0.3, 0.4) is 0 Å². The van der Waals surface area contributed by atoms with Crippen LogP contribution >= 0.6 is 11.3 Å². The molecule has 1 heterocycles. The summed E-state index contributed by atoms with van der Waals surface area (Å²) in [6.45, 7) is -0.195. The first kappa shape index (κ1) is 13.2. The number of benzene rings is 1. The summed E-state index contributed by atoms with van der Waals surface area (Å²) in [6, 6.07) is 9.27. The summed E-state index contributed by atoms with van der Waals surface area (Å²) in [7, 11) is 0. The van der Waals surface area contributed by atoms with Crippen molar-refractivity contribution in [3.63, 3.8) is 0 Å². The van der Waals surface area contributed by atoms with Gasteiger partial charge in [-0.2, -0.15) is 0 Å². The maximum atomic E-state index is 12.7. The highest BCUT2D eigenvalue weighted by molar-refractivity contribution is 7.11. The Labute approximate surface area is 113 Å². The zero-order valence-corrected chi connectivity index (χ0v) is 10.7. The number of rotatable bonds is 5. The summed E-state index contributed by atoms with van der Waals surface area (Å²) >= 11 is 1.52. The van der Waals surface area contributed by atoms with Crippen LogP contribution in [0.15, 0.2) is 46.9 Å². The van der Waals surface area contributed by atoms with E-state index < -0.39 is 0 Å². The first-order valence-electron chi connectivity index (χ1n) is 5.48. The first-order valence-corrected chi connectivity index (χ1v) is 6.36. The van der Waals surface area contributed by atoms with Crippen molar-refractivity contribution in [1.82, 2.24) is 0 Å². The Morgan fingerprint density at radius 3 is 2.84 bits per heavy atom. The van der Waals surface area contributed by atoms with E-state index in [2.05, 4.69) is 10.5 Å². The Balaban J connectivity index is 1.74. The van der Waals surface area contributed by atoms with Gasteiger partial charge in [0.15, 0.2) is 6.61 Å². The van der Waals surface area contributed by atoms with Gasteiger partial charge in [-0.25, -0.2) is 4.39 Å². The number of hydrogen-bond acceptors (Lipinski definition) is 4. The van der Waals surface area contributed by atoms with E-state index in [1.54, 1.807) is 0 Å². The van der Waals surface area contributed by atoms with Gasteiger partial charge >= 0.3 is 0 Å². The molecule has 0 aliphatic heterocycles. The number of nitrogens with zero attached hydrogens (tertiary/aromatic N) is 1. The van der Waals surface area contributed by atoms with Crippen molar-refractivity contribution in [2.45, 2.75) is 0 Å². The van der Waals surface area contributed by atoms with Gasteiger partial charge in [0.05, 0.1) is 6.21 Å². The second-order valence-corrected chi connectivity index (χ2v) is 4.56. The Morgan fingerprint density at radius 1 is 1.37 bits per heavy atom. The molecule has 1 amide bonds. The van der Waals surface area contributed by atoms with Crippen molar-refractivity contribution in [3.8, 4) is 0 Å². The largest absolute Gasteiger partial charge is 0.386 e. The molecule has 98 valence electrons. The van der Waals surface area contributed by atoms with Gasteiger partial charge in [-0.15, -0.1) is 11.3 Å². The minimum absolute atomic E-state index is 0.195. The van der Waals surface area contributed by atoms with Gasteiger partial charge in [-0.3, -0.25) is 4.79 Å². The summed E-state index contributed by atoms with van der Waals surface area (Å²) < 4.78 is 12.7. The molecule has 4 nitrogen and oxygen atoms in total. The Morgan fingerprint density at radius 2 is 2.16 bits per heavy atom. The third-order valence-corrected chi connectivity index (χ3v) is 2.93. The zero-order chi connectivity index (χ0) is 13.5. The molecule has 0 saturated heterocycles. The predicted molar refractivity (Wildman–Crippen MR) is 72.9 cm³/mol. The molecule has 0 aliphatic carbocycles. The smallest absolute Gasteiger partial charge is 0.265 e.